The number of benzene rings is 1. The van der Waals surface area contributed by atoms with E-state index >= 15 is 0 Å². The number of fused-ring (bicyclic) bond motifs is 1. The van der Waals surface area contributed by atoms with Crippen molar-refractivity contribution < 1.29 is 24.5 Å². The molecule has 0 aliphatic carbocycles. The minimum atomic E-state index is -0.195. The molecule has 2 rings (SSSR count). The van der Waals surface area contributed by atoms with Gasteiger partial charge in [0.2, 0.25) is 5.91 Å². The molecule has 1 aliphatic heterocycles. The Kier molecular flexibility index (Phi) is 6.82. The molecular weight excluding hydrogens is 338 g/mol. The molecule has 0 radical (unpaired) electrons. The summed E-state index contributed by atoms with van der Waals surface area (Å²) in [6, 6.07) is 5.07. The lowest BCUT2D eigenvalue weighted by Gasteiger charge is -2.36. The van der Waals surface area contributed by atoms with Gasteiger partial charge in [-0.15, -0.1) is 0 Å². The Morgan fingerprint density at radius 2 is 1.88 bits per heavy atom. The summed E-state index contributed by atoms with van der Waals surface area (Å²) >= 11 is 0. The van der Waals surface area contributed by atoms with Crippen LogP contribution in [0.25, 0.3) is 0 Å². The summed E-state index contributed by atoms with van der Waals surface area (Å²) in [7, 11) is 5.26. The maximum absolute atomic E-state index is 12.5. The predicted octanol–water partition coefficient (Wildman–Crippen LogP) is -0.211. The van der Waals surface area contributed by atoms with E-state index < -0.39 is 0 Å². The first-order chi connectivity index (χ1) is 12.4. The van der Waals surface area contributed by atoms with Gasteiger partial charge in [-0.1, -0.05) is 0 Å². The molecule has 2 amide bonds. The van der Waals surface area contributed by atoms with Crippen LogP contribution in [0.4, 0.5) is 5.69 Å². The first-order valence-electron chi connectivity index (χ1n) is 8.59. The highest BCUT2D eigenvalue weighted by molar-refractivity contribution is 5.95. The molecule has 8 heteroatoms. The molecule has 0 bridgehead atoms. The molecule has 0 spiro atoms. The van der Waals surface area contributed by atoms with Gasteiger partial charge in [0.15, 0.2) is 0 Å². The Morgan fingerprint density at radius 3 is 2.46 bits per heavy atom. The van der Waals surface area contributed by atoms with E-state index in [4.69, 9.17) is 14.9 Å². The fraction of sp³-hybridized carbons (Fsp3) is 0.556. The summed E-state index contributed by atoms with van der Waals surface area (Å²) in [6.45, 7) is 0.426. The van der Waals surface area contributed by atoms with Crippen molar-refractivity contribution in [2.24, 2.45) is 0 Å². The van der Waals surface area contributed by atoms with Crippen molar-refractivity contribution in [3.63, 3.8) is 0 Å². The maximum Gasteiger partial charge on any atom is 0.253 e. The summed E-state index contributed by atoms with van der Waals surface area (Å²) in [6.07, 6.45) is 0.196. The normalized spacial score (nSPS) is 15.9. The molecule has 0 aromatic heterocycles. The SMILES string of the molecule is CN(C)C(=O)c1ccc2c(c1)N(C)[C@@H](CC(=O)N(CCO)CCO)CO2. The minimum absolute atomic E-state index is 0.100. The number of hydrogen-bond donors (Lipinski definition) is 2. The molecule has 8 nitrogen and oxygen atoms in total. The maximum atomic E-state index is 12.5. The Balaban J connectivity index is 2.15. The number of rotatable bonds is 7. The van der Waals surface area contributed by atoms with Crippen LogP contribution in [0.2, 0.25) is 0 Å². The number of aliphatic hydroxyl groups is 2. The molecule has 26 heavy (non-hydrogen) atoms. The lowest BCUT2D eigenvalue weighted by Crippen LogP contribution is -2.45. The second-order valence-electron chi connectivity index (χ2n) is 6.49. The monoisotopic (exact) mass is 365 g/mol. The van der Waals surface area contributed by atoms with Crippen molar-refractivity contribution in [2.75, 3.05) is 59.0 Å². The number of nitrogens with zero attached hydrogens (tertiary/aromatic N) is 3. The molecule has 144 valence electrons. The Labute approximate surface area is 153 Å². The number of likely N-dealkylation sites (N-methyl/N-ethyl adjacent to an activating group) is 1. The summed E-state index contributed by atoms with van der Waals surface area (Å²) in [5.41, 5.74) is 1.32. The van der Waals surface area contributed by atoms with Gasteiger partial charge >= 0.3 is 0 Å². The van der Waals surface area contributed by atoms with Crippen LogP contribution in [0, 0.1) is 0 Å². The van der Waals surface area contributed by atoms with Gasteiger partial charge in [-0.05, 0) is 18.2 Å². The molecule has 1 aromatic rings. The van der Waals surface area contributed by atoms with Gasteiger partial charge in [0.05, 0.1) is 31.4 Å². The van der Waals surface area contributed by atoms with E-state index in [0.29, 0.717) is 17.9 Å². The second-order valence-corrected chi connectivity index (χ2v) is 6.49. The molecule has 0 saturated carbocycles. The van der Waals surface area contributed by atoms with E-state index in [-0.39, 0.29) is 50.6 Å². The second kappa shape index (κ2) is 8.86. The zero-order valence-corrected chi connectivity index (χ0v) is 15.5. The van der Waals surface area contributed by atoms with Crippen molar-refractivity contribution >= 4 is 17.5 Å². The van der Waals surface area contributed by atoms with Gasteiger partial charge in [-0.3, -0.25) is 9.59 Å². The van der Waals surface area contributed by atoms with Crippen LogP contribution in [0.15, 0.2) is 18.2 Å². The Morgan fingerprint density at radius 1 is 1.23 bits per heavy atom. The number of anilines is 1. The van der Waals surface area contributed by atoms with Crippen molar-refractivity contribution in [3.8, 4) is 5.75 Å². The number of carbonyl (C=O) groups is 2. The third-order valence-electron chi connectivity index (χ3n) is 4.47. The molecule has 1 aromatic carbocycles. The third-order valence-corrected chi connectivity index (χ3v) is 4.47. The Hall–Kier alpha value is -2.32. The van der Waals surface area contributed by atoms with Gasteiger partial charge in [0.25, 0.3) is 5.91 Å². The average Bonchev–Trinajstić information content (AvgIpc) is 2.62. The van der Waals surface area contributed by atoms with E-state index in [0.717, 1.165) is 5.69 Å². The lowest BCUT2D eigenvalue weighted by atomic mass is 10.1. The number of carbonyl (C=O) groups excluding carboxylic acids is 2. The smallest absolute Gasteiger partial charge is 0.253 e. The van der Waals surface area contributed by atoms with Crippen LogP contribution in [-0.4, -0.2) is 91.9 Å². The summed E-state index contributed by atoms with van der Waals surface area (Å²) in [4.78, 5) is 29.6. The van der Waals surface area contributed by atoms with Crippen molar-refractivity contribution in [1.29, 1.82) is 0 Å². The number of amides is 2. The highest BCUT2D eigenvalue weighted by Crippen LogP contribution is 2.34. The van der Waals surface area contributed by atoms with E-state index in [1.807, 2.05) is 11.9 Å². The largest absolute Gasteiger partial charge is 0.489 e. The van der Waals surface area contributed by atoms with Gasteiger partial charge in [-0.2, -0.15) is 0 Å². The predicted molar refractivity (Wildman–Crippen MR) is 97.5 cm³/mol. The highest BCUT2D eigenvalue weighted by Gasteiger charge is 2.29. The standard InChI is InChI=1S/C18H27N3O5/c1-19(2)18(25)13-4-5-16-15(10-13)20(3)14(12-26-16)11-17(24)21(6-8-22)7-9-23/h4-5,10,14,22-23H,6-9,11-12H2,1-3H3/t14-/m0/s1. The summed E-state index contributed by atoms with van der Waals surface area (Å²) in [5.74, 6) is 0.420. The van der Waals surface area contributed by atoms with Crippen LogP contribution >= 0.6 is 0 Å². The van der Waals surface area contributed by atoms with Crippen molar-refractivity contribution in [1.82, 2.24) is 9.80 Å². The zero-order valence-electron chi connectivity index (χ0n) is 15.5. The molecule has 1 aliphatic rings. The van der Waals surface area contributed by atoms with Crippen LogP contribution in [0.3, 0.4) is 0 Å². The highest BCUT2D eigenvalue weighted by atomic mass is 16.5. The van der Waals surface area contributed by atoms with Gasteiger partial charge < -0.3 is 29.6 Å². The third kappa shape index (κ3) is 4.44. The topological polar surface area (TPSA) is 93.6 Å². The molecule has 0 unspecified atom stereocenters. The van der Waals surface area contributed by atoms with E-state index in [1.165, 1.54) is 9.80 Å². The molecule has 1 atom stereocenters. The van der Waals surface area contributed by atoms with E-state index in [1.54, 1.807) is 32.3 Å². The summed E-state index contributed by atoms with van der Waals surface area (Å²) < 4.78 is 5.77. The summed E-state index contributed by atoms with van der Waals surface area (Å²) in [5, 5.41) is 18.2. The number of ether oxygens (including phenoxy) is 1. The van der Waals surface area contributed by atoms with Gasteiger partial charge in [0.1, 0.15) is 12.4 Å². The van der Waals surface area contributed by atoms with Crippen molar-refractivity contribution in [2.45, 2.75) is 12.5 Å². The molecule has 0 fully saturated rings. The average molecular weight is 365 g/mol. The Bertz CT molecular complexity index is 644. The van der Waals surface area contributed by atoms with E-state index in [9.17, 15) is 9.59 Å². The molecule has 0 saturated heterocycles. The van der Waals surface area contributed by atoms with Crippen LogP contribution in [0.5, 0.6) is 5.75 Å². The quantitative estimate of drug-likeness (QED) is 0.694. The first kappa shape index (κ1) is 20.0. The molecular formula is C18H27N3O5. The van der Waals surface area contributed by atoms with Crippen LogP contribution < -0.4 is 9.64 Å². The minimum Gasteiger partial charge on any atom is -0.489 e. The van der Waals surface area contributed by atoms with Crippen LogP contribution in [-0.2, 0) is 4.79 Å². The van der Waals surface area contributed by atoms with Gasteiger partial charge in [0, 0.05) is 39.8 Å². The molecule has 2 N–H and O–H groups in total. The molecule has 1 heterocycles. The number of hydrogen-bond acceptors (Lipinski definition) is 6. The fourth-order valence-corrected chi connectivity index (χ4v) is 2.93. The van der Waals surface area contributed by atoms with Crippen LogP contribution in [0.1, 0.15) is 16.8 Å². The fourth-order valence-electron chi connectivity index (χ4n) is 2.93. The first-order valence-corrected chi connectivity index (χ1v) is 8.59. The zero-order chi connectivity index (χ0) is 19.3. The van der Waals surface area contributed by atoms with Crippen molar-refractivity contribution in [3.05, 3.63) is 23.8 Å². The van der Waals surface area contributed by atoms with E-state index in [2.05, 4.69) is 0 Å². The lowest BCUT2D eigenvalue weighted by molar-refractivity contribution is -0.132. The van der Waals surface area contributed by atoms with Gasteiger partial charge in [-0.25, -0.2) is 0 Å². The number of aliphatic hydroxyl groups excluding tert-OH is 2.